The quantitative estimate of drug-likeness (QED) is 0.467. The van der Waals surface area contributed by atoms with Crippen molar-refractivity contribution in [3.63, 3.8) is 0 Å². The summed E-state index contributed by atoms with van der Waals surface area (Å²) in [5.74, 6) is -2.75. The van der Waals surface area contributed by atoms with E-state index in [0.29, 0.717) is 0 Å². The summed E-state index contributed by atoms with van der Waals surface area (Å²) in [6, 6.07) is 0. The fourth-order valence-electron chi connectivity index (χ4n) is 0.787. The van der Waals surface area contributed by atoms with Gasteiger partial charge in [-0.05, 0) is 0 Å². The van der Waals surface area contributed by atoms with Gasteiger partial charge in [0, 0.05) is 0 Å². The van der Waals surface area contributed by atoms with Crippen LogP contribution in [0.3, 0.4) is 0 Å². The van der Waals surface area contributed by atoms with E-state index in [1.807, 2.05) is 0 Å². The molecular weight excluding hydrogens is 179 g/mol. The van der Waals surface area contributed by atoms with Gasteiger partial charge < -0.3 is 28.6 Å². The minimum atomic E-state index is -2.52. The summed E-state index contributed by atoms with van der Waals surface area (Å²) in [4.78, 5) is 32.8. The van der Waals surface area contributed by atoms with Crippen LogP contribution in [0.4, 0.5) is 14.4 Å². The normalized spacial score (nSPS) is 9.23. The van der Waals surface area contributed by atoms with Gasteiger partial charge in [0.15, 0.2) is 0 Å². The van der Waals surface area contributed by atoms with E-state index >= 15 is 0 Å². The molecule has 0 rings (SSSR count). The van der Waals surface area contributed by atoms with Crippen molar-refractivity contribution >= 4 is 24.3 Å². The zero-order valence-corrected chi connectivity index (χ0v) is 7.66. The maximum Gasteiger partial charge on any atom is 0.332 e. The van der Waals surface area contributed by atoms with Crippen molar-refractivity contribution in [1.82, 2.24) is 0 Å². The molecule has 0 unspecified atom stereocenters. The standard InChI is InChI=1S/C6H10BO6/c1-11-4(8)7(5(9)12-2)6(10)13-3/h7H,1-3H3/q-1. The molecule has 0 amide bonds. The number of hydrogen-bond donors (Lipinski definition) is 0. The minimum absolute atomic E-state index is 0.918. The highest BCUT2D eigenvalue weighted by atomic mass is 16.6. The number of methoxy groups -OCH3 is 3. The van der Waals surface area contributed by atoms with E-state index in [2.05, 4.69) is 14.2 Å². The highest BCUT2D eigenvalue weighted by molar-refractivity contribution is 7.25. The first-order valence-electron chi connectivity index (χ1n) is 3.51. The van der Waals surface area contributed by atoms with Crippen molar-refractivity contribution in [2.24, 2.45) is 0 Å². The highest BCUT2D eigenvalue weighted by Gasteiger charge is 2.30. The van der Waals surface area contributed by atoms with E-state index in [0.717, 1.165) is 21.3 Å². The molecule has 13 heavy (non-hydrogen) atoms. The molecule has 74 valence electrons. The summed E-state index contributed by atoms with van der Waals surface area (Å²) in [6.07, 6.45) is 0. The van der Waals surface area contributed by atoms with Gasteiger partial charge in [0.2, 0.25) is 0 Å². The number of ether oxygens (including phenoxy) is 3. The van der Waals surface area contributed by atoms with Gasteiger partial charge in [-0.1, -0.05) is 0 Å². The maximum atomic E-state index is 10.9. The molecular formula is C6H10BO6-. The van der Waals surface area contributed by atoms with Crippen LogP contribution in [0.2, 0.25) is 0 Å². The van der Waals surface area contributed by atoms with Gasteiger partial charge in [0.05, 0.1) is 21.3 Å². The lowest BCUT2D eigenvalue weighted by molar-refractivity contribution is 0.180. The monoisotopic (exact) mass is 189 g/mol. The fourth-order valence-corrected chi connectivity index (χ4v) is 0.787. The van der Waals surface area contributed by atoms with E-state index in [4.69, 9.17) is 0 Å². The summed E-state index contributed by atoms with van der Waals surface area (Å²) in [7, 11) is 3.23. The van der Waals surface area contributed by atoms with Crippen LogP contribution in [0.15, 0.2) is 0 Å². The largest absolute Gasteiger partial charge is 0.502 e. The zero-order chi connectivity index (χ0) is 10.4. The van der Waals surface area contributed by atoms with Gasteiger partial charge in [-0.25, -0.2) is 0 Å². The fraction of sp³-hybridized carbons (Fsp3) is 0.500. The predicted octanol–water partition coefficient (Wildman–Crippen LogP) is 0.258. The van der Waals surface area contributed by atoms with Gasteiger partial charge in [-0.3, -0.25) is 0 Å². The van der Waals surface area contributed by atoms with Crippen molar-refractivity contribution in [3.05, 3.63) is 0 Å². The molecule has 7 heteroatoms. The van der Waals surface area contributed by atoms with Crippen LogP contribution >= 0.6 is 0 Å². The summed E-state index contributed by atoms with van der Waals surface area (Å²) in [6.45, 7) is -2.52. The first-order valence-corrected chi connectivity index (χ1v) is 3.51. The van der Waals surface area contributed by atoms with Crippen molar-refractivity contribution in [3.8, 4) is 0 Å². The van der Waals surface area contributed by atoms with E-state index in [1.165, 1.54) is 0 Å². The molecule has 0 N–H and O–H groups in total. The van der Waals surface area contributed by atoms with E-state index in [-0.39, 0.29) is 0 Å². The first kappa shape index (κ1) is 11.5. The Morgan fingerprint density at radius 2 is 1.00 bits per heavy atom. The molecule has 0 heterocycles. The lowest BCUT2D eigenvalue weighted by atomic mass is 9.49. The lowest BCUT2D eigenvalue weighted by Gasteiger charge is -2.16. The summed E-state index contributed by atoms with van der Waals surface area (Å²) >= 11 is 0. The first-order chi connectivity index (χ1) is 6.08. The van der Waals surface area contributed by atoms with Crippen LogP contribution in [0.25, 0.3) is 0 Å². The lowest BCUT2D eigenvalue weighted by Crippen LogP contribution is -2.43. The molecule has 0 aliphatic rings. The Bertz CT molecular complexity index is 187. The van der Waals surface area contributed by atoms with Crippen LogP contribution < -0.4 is 0 Å². The molecule has 0 aliphatic heterocycles. The third-order valence-corrected chi connectivity index (χ3v) is 1.55. The molecule has 0 atom stereocenters. The second-order valence-corrected chi connectivity index (χ2v) is 2.26. The molecule has 0 radical (unpaired) electrons. The van der Waals surface area contributed by atoms with Gasteiger partial charge in [0.25, 0.3) is 0 Å². The Morgan fingerprint density at radius 1 is 0.769 bits per heavy atom. The Hall–Kier alpha value is -1.53. The molecule has 0 saturated heterocycles. The number of carbonyl (C=O) groups excluding carboxylic acids is 3. The topological polar surface area (TPSA) is 78.9 Å². The van der Waals surface area contributed by atoms with Crippen LogP contribution in [0.1, 0.15) is 0 Å². The van der Waals surface area contributed by atoms with Gasteiger partial charge in [-0.2, -0.15) is 0 Å². The Balaban J connectivity index is 4.64. The van der Waals surface area contributed by atoms with Crippen LogP contribution in [0.5, 0.6) is 0 Å². The second kappa shape index (κ2) is 5.18. The van der Waals surface area contributed by atoms with E-state index in [9.17, 15) is 14.4 Å². The average Bonchev–Trinajstić information content (AvgIpc) is 2.16. The molecule has 0 aromatic heterocycles. The highest BCUT2D eigenvalue weighted by Crippen LogP contribution is 1.98. The summed E-state index contributed by atoms with van der Waals surface area (Å²) < 4.78 is 12.8. The molecule has 0 saturated carbocycles. The summed E-state index contributed by atoms with van der Waals surface area (Å²) in [5.41, 5.74) is 0. The summed E-state index contributed by atoms with van der Waals surface area (Å²) in [5, 5.41) is 0. The van der Waals surface area contributed by atoms with Crippen molar-refractivity contribution in [2.75, 3.05) is 21.3 Å². The van der Waals surface area contributed by atoms with Crippen LogP contribution in [-0.2, 0) is 14.2 Å². The van der Waals surface area contributed by atoms with Crippen molar-refractivity contribution < 1.29 is 28.6 Å². The molecule has 0 fully saturated rings. The van der Waals surface area contributed by atoms with Crippen molar-refractivity contribution in [2.45, 2.75) is 0 Å². The van der Waals surface area contributed by atoms with Gasteiger partial charge in [0.1, 0.15) is 17.6 Å². The van der Waals surface area contributed by atoms with Gasteiger partial charge >= 0.3 is 6.71 Å². The Labute approximate surface area is 75.2 Å². The van der Waals surface area contributed by atoms with E-state index < -0.39 is 24.3 Å². The molecule has 0 spiro atoms. The number of carbonyl (C=O) groups is 3. The molecule has 0 aromatic carbocycles. The zero-order valence-electron chi connectivity index (χ0n) is 7.66. The number of hydrogen-bond acceptors (Lipinski definition) is 6. The van der Waals surface area contributed by atoms with E-state index in [1.54, 1.807) is 0 Å². The maximum absolute atomic E-state index is 10.9. The SMILES string of the molecule is COC(=O)[BH-](C(=O)OC)C(=O)OC. The molecule has 0 bridgehead atoms. The third kappa shape index (κ3) is 2.77. The van der Waals surface area contributed by atoms with Crippen LogP contribution in [-0.4, -0.2) is 45.6 Å². The third-order valence-electron chi connectivity index (χ3n) is 1.55. The molecule has 6 nitrogen and oxygen atoms in total. The Kier molecular flexibility index (Phi) is 4.57. The molecule has 0 aliphatic carbocycles. The van der Waals surface area contributed by atoms with Crippen LogP contribution in [0, 0.1) is 0 Å². The predicted molar refractivity (Wildman–Crippen MR) is 44.4 cm³/mol. The average molecular weight is 189 g/mol. The smallest absolute Gasteiger partial charge is 0.332 e. The Morgan fingerprint density at radius 3 is 1.15 bits per heavy atom. The minimum Gasteiger partial charge on any atom is -0.502 e. The van der Waals surface area contributed by atoms with Gasteiger partial charge in [-0.15, -0.1) is 0 Å². The van der Waals surface area contributed by atoms with Crippen molar-refractivity contribution in [1.29, 1.82) is 0 Å². The second-order valence-electron chi connectivity index (χ2n) is 2.26. The number of rotatable bonds is 3. The molecule has 0 aromatic rings.